The van der Waals surface area contributed by atoms with Gasteiger partial charge in [-0.3, -0.25) is 0 Å². The summed E-state index contributed by atoms with van der Waals surface area (Å²) in [6, 6.07) is 0. The van der Waals surface area contributed by atoms with Crippen LogP contribution in [0.1, 0.15) is 26.7 Å². The second kappa shape index (κ2) is 4.59. The molecule has 1 rings (SSSR count). The Morgan fingerprint density at radius 3 is 2.64 bits per heavy atom. The number of β-amino-alcohol motifs (C(OH)–C–C–N with tert-alkyl or cyclic N) is 1. The first-order chi connectivity index (χ1) is 6.45. The van der Waals surface area contributed by atoms with Crippen LogP contribution in [0.5, 0.6) is 0 Å². The van der Waals surface area contributed by atoms with Crippen molar-refractivity contribution >= 4 is 10.0 Å². The molecule has 4 nitrogen and oxygen atoms in total. The van der Waals surface area contributed by atoms with Crippen LogP contribution in [0.15, 0.2) is 0 Å². The lowest BCUT2D eigenvalue weighted by Gasteiger charge is -2.18. The van der Waals surface area contributed by atoms with E-state index >= 15 is 0 Å². The molecule has 1 aliphatic rings. The summed E-state index contributed by atoms with van der Waals surface area (Å²) in [5.74, 6) is 0.417. The van der Waals surface area contributed by atoms with E-state index in [9.17, 15) is 13.5 Å². The molecule has 1 heterocycles. The summed E-state index contributed by atoms with van der Waals surface area (Å²) in [6.45, 7) is 4.72. The molecule has 0 aromatic carbocycles. The van der Waals surface area contributed by atoms with Crippen LogP contribution in [0.2, 0.25) is 0 Å². The minimum absolute atomic E-state index is 0.189. The molecule has 0 amide bonds. The maximum Gasteiger partial charge on any atom is 0.214 e. The van der Waals surface area contributed by atoms with E-state index in [2.05, 4.69) is 0 Å². The van der Waals surface area contributed by atoms with Gasteiger partial charge in [0.25, 0.3) is 0 Å². The molecule has 5 heteroatoms. The zero-order valence-corrected chi connectivity index (χ0v) is 9.63. The molecule has 1 aliphatic heterocycles. The minimum atomic E-state index is -3.08. The summed E-state index contributed by atoms with van der Waals surface area (Å²) in [7, 11) is -3.08. The Labute approximate surface area is 86.0 Å². The van der Waals surface area contributed by atoms with Gasteiger partial charge in [0.15, 0.2) is 0 Å². The van der Waals surface area contributed by atoms with Gasteiger partial charge in [0.1, 0.15) is 0 Å². The van der Waals surface area contributed by atoms with E-state index in [1.165, 1.54) is 4.31 Å². The minimum Gasteiger partial charge on any atom is -0.392 e. The summed E-state index contributed by atoms with van der Waals surface area (Å²) in [4.78, 5) is 0. The summed E-state index contributed by atoms with van der Waals surface area (Å²) in [5.41, 5.74) is 0. The number of hydrogen-bond acceptors (Lipinski definition) is 3. The van der Waals surface area contributed by atoms with Gasteiger partial charge in [-0.2, -0.15) is 4.31 Å². The van der Waals surface area contributed by atoms with E-state index in [0.717, 1.165) is 6.42 Å². The van der Waals surface area contributed by atoms with E-state index in [4.69, 9.17) is 0 Å². The third-order valence-electron chi connectivity index (χ3n) is 2.44. The van der Waals surface area contributed by atoms with Crippen LogP contribution in [0.3, 0.4) is 0 Å². The molecule has 1 fully saturated rings. The van der Waals surface area contributed by atoms with Crippen molar-refractivity contribution in [2.75, 3.05) is 18.8 Å². The molecule has 0 spiro atoms. The van der Waals surface area contributed by atoms with E-state index in [1.54, 1.807) is 0 Å². The average Bonchev–Trinajstić information content (AvgIpc) is 2.25. The van der Waals surface area contributed by atoms with Crippen LogP contribution >= 0.6 is 0 Å². The summed E-state index contributed by atoms with van der Waals surface area (Å²) < 4.78 is 24.5. The predicted octanol–water partition coefficient (Wildman–Crippen LogP) is 0.429. The van der Waals surface area contributed by atoms with Crippen molar-refractivity contribution in [3.63, 3.8) is 0 Å². The zero-order valence-electron chi connectivity index (χ0n) is 8.81. The zero-order chi connectivity index (χ0) is 10.8. The SMILES string of the molecule is CCCC(O)CN1CC(C)CS1(=O)=O. The fourth-order valence-corrected chi connectivity index (χ4v) is 3.74. The molecular formula is C9H19NO3S. The Hall–Kier alpha value is -0.130. The third kappa shape index (κ3) is 2.93. The monoisotopic (exact) mass is 221 g/mol. The number of sulfonamides is 1. The van der Waals surface area contributed by atoms with Crippen molar-refractivity contribution in [1.29, 1.82) is 0 Å². The Kier molecular flexibility index (Phi) is 3.92. The first-order valence-electron chi connectivity index (χ1n) is 5.11. The lowest BCUT2D eigenvalue weighted by Crippen LogP contribution is -2.33. The van der Waals surface area contributed by atoms with Gasteiger partial charge in [0.2, 0.25) is 10.0 Å². The molecule has 14 heavy (non-hydrogen) atoms. The molecule has 1 saturated heterocycles. The highest BCUT2D eigenvalue weighted by atomic mass is 32.2. The highest BCUT2D eigenvalue weighted by Gasteiger charge is 2.34. The quantitative estimate of drug-likeness (QED) is 0.749. The lowest BCUT2D eigenvalue weighted by atomic mass is 10.2. The van der Waals surface area contributed by atoms with Gasteiger partial charge in [-0.05, 0) is 12.3 Å². The van der Waals surface area contributed by atoms with E-state index < -0.39 is 16.1 Å². The molecule has 0 radical (unpaired) electrons. The van der Waals surface area contributed by atoms with Crippen molar-refractivity contribution in [2.45, 2.75) is 32.8 Å². The summed E-state index contributed by atoms with van der Waals surface area (Å²) >= 11 is 0. The molecule has 1 N–H and O–H groups in total. The fourth-order valence-electron chi connectivity index (χ4n) is 1.83. The van der Waals surface area contributed by atoms with Crippen LogP contribution < -0.4 is 0 Å². The van der Waals surface area contributed by atoms with Crippen LogP contribution in [0.25, 0.3) is 0 Å². The van der Waals surface area contributed by atoms with Gasteiger partial charge in [-0.15, -0.1) is 0 Å². The highest BCUT2D eigenvalue weighted by Crippen LogP contribution is 2.19. The van der Waals surface area contributed by atoms with Crippen LogP contribution in [0, 0.1) is 5.92 Å². The maximum atomic E-state index is 11.5. The van der Waals surface area contributed by atoms with Crippen molar-refractivity contribution in [2.24, 2.45) is 5.92 Å². The Balaban J connectivity index is 2.53. The molecule has 2 unspecified atom stereocenters. The number of rotatable bonds is 4. The standard InChI is InChI=1S/C9H19NO3S/c1-3-4-9(11)6-10-5-8(2)7-14(10,12)13/h8-9,11H,3-7H2,1-2H3. The highest BCUT2D eigenvalue weighted by molar-refractivity contribution is 7.89. The van der Waals surface area contributed by atoms with Crippen LogP contribution in [-0.4, -0.2) is 42.8 Å². The first kappa shape index (κ1) is 11.9. The Morgan fingerprint density at radius 1 is 1.57 bits per heavy atom. The Bertz CT molecular complexity index is 276. The first-order valence-corrected chi connectivity index (χ1v) is 6.72. The van der Waals surface area contributed by atoms with Crippen molar-refractivity contribution in [3.8, 4) is 0 Å². The normalized spacial score (nSPS) is 29.2. The summed E-state index contributed by atoms with van der Waals surface area (Å²) in [6.07, 6.45) is 1.03. The van der Waals surface area contributed by atoms with Crippen molar-refractivity contribution in [3.05, 3.63) is 0 Å². The van der Waals surface area contributed by atoms with Crippen molar-refractivity contribution < 1.29 is 13.5 Å². The molecule has 0 aromatic heterocycles. The Morgan fingerprint density at radius 2 is 2.21 bits per heavy atom. The van der Waals surface area contributed by atoms with Gasteiger partial charge >= 0.3 is 0 Å². The van der Waals surface area contributed by atoms with Crippen LogP contribution in [-0.2, 0) is 10.0 Å². The second-order valence-corrected chi connectivity index (χ2v) is 6.16. The number of hydrogen-bond donors (Lipinski definition) is 1. The van der Waals surface area contributed by atoms with Gasteiger partial charge in [0, 0.05) is 13.1 Å². The molecule has 0 bridgehead atoms. The lowest BCUT2D eigenvalue weighted by molar-refractivity contribution is 0.136. The smallest absolute Gasteiger partial charge is 0.214 e. The van der Waals surface area contributed by atoms with E-state index in [-0.39, 0.29) is 18.2 Å². The van der Waals surface area contributed by atoms with E-state index in [1.807, 2.05) is 13.8 Å². The second-order valence-electron chi connectivity index (χ2n) is 4.14. The summed E-state index contributed by atoms with van der Waals surface area (Å²) in [5, 5.41) is 9.52. The van der Waals surface area contributed by atoms with Gasteiger partial charge < -0.3 is 5.11 Å². The van der Waals surface area contributed by atoms with Gasteiger partial charge in [-0.25, -0.2) is 8.42 Å². The van der Waals surface area contributed by atoms with Crippen molar-refractivity contribution in [1.82, 2.24) is 4.31 Å². The topological polar surface area (TPSA) is 57.6 Å². The van der Waals surface area contributed by atoms with Gasteiger partial charge in [-0.1, -0.05) is 20.3 Å². The number of aliphatic hydroxyl groups is 1. The molecule has 84 valence electrons. The van der Waals surface area contributed by atoms with Crippen LogP contribution in [0.4, 0.5) is 0 Å². The number of aliphatic hydroxyl groups excluding tert-OH is 1. The van der Waals surface area contributed by atoms with Gasteiger partial charge in [0.05, 0.1) is 11.9 Å². The molecule has 0 saturated carbocycles. The predicted molar refractivity (Wildman–Crippen MR) is 55.4 cm³/mol. The largest absolute Gasteiger partial charge is 0.392 e. The van der Waals surface area contributed by atoms with E-state index in [0.29, 0.717) is 13.0 Å². The average molecular weight is 221 g/mol. The molecule has 0 aliphatic carbocycles. The number of nitrogens with zero attached hydrogens (tertiary/aromatic N) is 1. The maximum absolute atomic E-state index is 11.5. The molecule has 2 atom stereocenters. The molecule has 0 aromatic rings. The molecular weight excluding hydrogens is 202 g/mol. The third-order valence-corrected chi connectivity index (χ3v) is 4.52. The fraction of sp³-hybridized carbons (Fsp3) is 1.00.